The van der Waals surface area contributed by atoms with Crippen LogP contribution in [0.4, 0.5) is 0 Å². The summed E-state index contributed by atoms with van der Waals surface area (Å²) in [7, 11) is 4.34. The number of hydrogen-bond donors (Lipinski definition) is 2. The molecule has 0 bridgehead atoms. The molecule has 0 aliphatic rings. The molecule has 3 aromatic rings. The molecule has 0 saturated carbocycles. The summed E-state index contributed by atoms with van der Waals surface area (Å²) in [6, 6.07) is 16.5. The Morgan fingerprint density at radius 2 is 1.57 bits per heavy atom. The zero-order chi connectivity index (χ0) is 26.8. The number of nitrogens with zero attached hydrogens (tertiary/aromatic N) is 1. The summed E-state index contributed by atoms with van der Waals surface area (Å²) in [5.74, 6) is -0.193. The maximum Gasteiger partial charge on any atom is 0.344 e. The molecule has 0 radical (unpaired) electrons. The molecule has 3 rings (SSSR count). The molecule has 192 valence electrons. The van der Waals surface area contributed by atoms with Gasteiger partial charge in [-0.25, -0.2) is 10.2 Å². The SMILES string of the molecule is COc1cc(C(=O)NCC(=O)N/N=C/c2ccc(OC(=O)c3ccccc3Br)cc2)cc(OC)c1OC. The fourth-order valence-corrected chi connectivity index (χ4v) is 3.55. The highest BCUT2D eigenvalue weighted by Gasteiger charge is 2.17. The summed E-state index contributed by atoms with van der Waals surface area (Å²) >= 11 is 3.32. The van der Waals surface area contributed by atoms with Gasteiger partial charge in [0.25, 0.3) is 11.8 Å². The van der Waals surface area contributed by atoms with E-state index in [1.165, 1.54) is 39.7 Å². The first-order valence-electron chi connectivity index (χ1n) is 10.8. The Balaban J connectivity index is 1.50. The molecule has 0 spiro atoms. The van der Waals surface area contributed by atoms with Gasteiger partial charge >= 0.3 is 5.97 Å². The Bertz CT molecular complexity index is 1280. The molecule has 0 saturated heterocycles. The summed E-state index contributed by atoms with van der Waals surface area (Å²) in [6.07, 6.45) is 1.41. The predicted octanol–water partition coefficient (Wildman–Crippen LogP) is 3.57. The second-order valence-corrected chi connectivity index (χ2v) is 8.18. The first kappa shape index (κ1) is 27.2. The Morgan fingerprint density at radius 1 is 0.919 bits per heavy atom. The molecule has 0 aliphatic carbocycles. The van der Waals surface area contributed by atoms with Crippen LogP contribution in [-0.2, 0) is 4.79 Å². The predicted molar refractivity (Wildman–Crippen MR) is 140 cm³/mol. The number of benzene rings is 3. The van der Waals surface area contributed by atoms with Crippen LogP contribution in [-0.4, -0.2) is 51.9 Å². The minimum atomic E-state index is -0.531. The van der Waals surface area contributed by atoms with Crippen molar-refractivity contribution >= 4 is 39.9 Å². The summed E-state index contributed by atoms with van der Waals surface area (Å²) in [5.41, 5.74) is 3.63. The van der Waals surface area contributed by atoms with Crippen LogP contribution in [0.2, 0.25) is 0 Å². The van der Waals surface area contributed by atoms with E-state index in [2.05, 4.69) is 31.8 Å². The molecule has 0 heterocycles. The van der Waals surface area contributed by atoms with Crippen molar-refractivity contribution in [3.8, 4) is 23.0 Å². The van der Waals surface area contributed by atoms with Crippen LogP contribution in [0.1, 0.15) is 26.3 Å². The number of carbonyl (C=O) groups excluding carboxylic acids is 3. The van der Waals surface area contributed by atoms with Gasteiger partial charge in [-0.05, 0) is 70.0 Å². The van der Waals surface area contributed by atoms with Crippen LogP contribution in [0.15, 0.2) is 70.2 Å². The number of rotatable bonds is 10. The van der Waals surface area contributed by atoms with Gasteiger partial charge in [-0.3, -0.25) is 9.59 Å². The van der Waals surface area contributed by atoms with E-state index in [1.54, 1.807) is 48.5 Å². The topological polar surface area (TPSA) is 125 Å². The third-order valence-electron chi connectivity index (χ3n) is 4.92. The highest BCUT2D eigenvalue weighted by molar-refractivity contribution is 9.10. The van der Waals surface area contributed by atoms with Gasteiger partial charge in [-0.15, -0.1) is 0 Å². The molecule has 2 N–H and O–H groups in total. The van der Waals surface area contributed by atoms with Crippen LogP contribution in [0.25, 0.3) is 0 Å². The zero-order valence-electron chi connectivity index (χ0n) is 20.2. The van der Waals surface area contributed by atoms with E-state index in [-0.39, 0.29) is 12.1 Å². The zero-order valence-corrected chi connectivity index (χ0v) is 21.8. The number of methoxy groups -OCH3 is 3. The lowest BCUT2D eigenvalue weighted by Gasteiger charge is -2.14. The quantitative estimate of drug-likeness (QED) is 0.165. The largest absolute Gasteiger partial charge is 0.493 e. The fraction of sp³-hybridized carbons (Fsp3) is 0.154. The van der Waals surface area contributed by atoms with Gasteiger partial charge in [0, 0.05) is 10.0 Å². The number of esters is 1. The van der Waals surface area contributed by atoms with E-state index in [0.717, 1.165) is 0 Å². The van der Waals surface area contributed by atoms with Crippen molar-refractivity contribution in [1.82, 2.24) is 10.7 Å². The molecule has 37 heavy (non-hydrogen) atoms. The number of nitrogens with one attached hydrogen (secondary N) is 2. The minimum Gasteiger partial charge on any atom is -0.493 e. The average Bonchev–Trinajstić information content (AvgIpc) is 2.91. The second kappa shape index (κ2) is 13.1. The van der Waals surface area contributed by atoms with Crippen LogP contribution < -0.4 is 29.7 Å². The number of carbonyl (C=O) groups is 3. The van der Waals surface area contributed by atoms with E-state index >= 15 is 0 Å². The van der Waals surface area contributed by atoms with Gasteiger partial charge in [0.05, 0.1) is 39.7 Å². The lowest BCUT2D eigenvalue weighted by Crippen LogP contribution is -2.34. The summed E-state index contributed by atoms with van der Waals surface area (Å²) < 4.78 is 21.7. The van der Waals surface area contributed by atoms with Crippen molar-refractivity contribution in [3.05, 3.63) is 81.8 Å². The summed E-state index contributed by atoms with van der Waals surface area (Å²) in [6.45, 7) is -0.309. The number of hydrogen-bond acceptors (Lipinski definition) is 8. The average molecular weight is 570 g/mol. The second-order valence-electron chi connectivity index (χ2n) is 7.33. The van der Waals surface area contributed by atoms with E-state index in [1.807, 2.05) is 0 Å². The maximum absolute atomic E-state index is 12.5. The molecule has 0 fully saturated rings. The van der Waals surface area contributed by atoms with Crippen LogP contribution >= 0.6 is 15.9 Å². The number of ether oxygens (including phenoxy) is 4. The van der Waals surface area contributed by atoms with Crippen molar-refractivity contribution in [2.24, 2.45) is 5.10 Å². The van der Waals surface area contributed by atoms with Crippen LogP contribution in [0, 0.1) is 0 Å². The lowest BCUT2D eigenvalue weighted by atomic mass is 10.1. The van der Waals surface area contributed by atoms with Gasteiger partial charge in [0.2, 0.25) is 5.75 Å². The lowest BCUT2D eigenvalue weighted by molar-refractivity contribution is -0.120. The summed E-state index contributed by atoms with van der Waals surface area (Å²) in [4.78, 5) is 36.8. The first-order valence-corrected chi connectivity index (χ1v) is 11.6. The van der Waals surface area contributed by atoms with E-state index < -0.39 is 17.8 Å². The molecule has 10 nitrogen and oxygen atoms in total. The molecule has 0 aliphatic heterocycles. The molecular formula is C26H24BrN3O7. The molecule has 3 aromatic carbocycles. The molecule has 0 atom stereocenters. The maximum atomic E-state index is 12.5. The van der Waals surface area contributed by atoms with Crippen molar-refractivity contribution < 1.29 is 33.3 Å². The number of amides is 2. The third-order valence-corrected chi connectivity index (χ3v) is 5.62. The standard InChI is InChI=1S/C26H24BrN3O7/c1-34-21-12-17(13-22(35-2)24(21)36-3)25(32)28-15-23(31)30-29-14-16-8-10-18(11-9-16)37-26(33)19-6-4-5-7-20(19)27/h4-14H,15H2,1-3H3,(H,28,32)(H,30,31)/b29-14+. The number of hydrazone groups is 1. The Labute approximate surface area is 221 Å². The van der Waals surface area contributed by atoms with Gasteiger partial charge in [0.15, 0.2) is 11.5 Å². The molecule has 2 amide bonds. The number of halogens is 1. The Hall–Kier alpha value is -4.38. The third kappa shape index (κ3) is 7.31. The van der Waals surface area contributed by atoms with Crippen LogP contribution in [0.3, 0.4) is 0 Å². The molecule has 0 aromatic heterocycles. The smallest absolute Gasteiger partial charge is 0.344 e. The highest BCUT2D eigenvalue weighted by Crippen LogP contribution is 2.38. The van der Waals surface area contributed by atoms with E-state index in [9.17, 15) is 14.4 Å². The fourth-order valence-electron chi connectivity index (χ4n) is 3.10. The van der Waals surface area contributed by atoms with Crippen LogP contribution in [0.5, 0.6) is 23.0 Å². The van der Waals surface area contributed by atoms with Crippen molar-refractivity contribution in [1.29, 1.82) is 0 Å². The van der Waals surface area contributed by atoms with Crippen molar-refractivity contribution in [2.75, 3.05) is 27.9 Å². The highest BCUT2D eigenvalue weighted by atomic mass is 79.9. The Morgan fingerprint density at radius 3 is 2.16 bits per heavy atom. The van der Waals surface area contributed by atoms with E-state index in [0.29, 0.717) is 38.6 Å². The molecule has 0 unspecified atom stereocenters. The monoisotopic (exact) mass is 569 g/mol. The van der Waals surface area contributed by atoms with E-state index in [4.69, 9.17) is 18.9 Å². The van der Waals surface area contributed by atoms with Crippen molar-refractivity contribution in [3.63, 3.8) is 0 Å². The normalized spacial score (nSPS) is 10.5. The summed E-state index contributed by atoms with van der Waals surface area (Å²) in [5, 5.41) is 6.38. The van der Waals surface area contributed by atoms with Gasteiger partial charge < -0.3 is 24.3 Å². The van der Waals surface area contributed by atoms with Gasteiger partial charge in [-0.1, -0.05) is 12.1 Å². The Kier molecular flexibility index (Phi) is 9.61. The van der Waals surface area contributed by atoms with Crippen molar-refractivity contribution in [2.45, 2.75) is 0 Å². The first-order chi connectivity index (χ1) is 17.9. The molecule has 11 heteroatoms. The molecular weight excluding hydrogens is 546 g/mol. The minimum absolute atomic E-state index is 0.228. The van der Waals surface area contributed by atoms with Gasteiger partial charge in [0.1, 0.15) is 5.75 Å². The van der Waals surface area contributed by atoms with Gasteiger partial charge in [-0.2, -0.15) is 5.10 Å².